The molecule has 0 spiro atoms. The molecule has 1 fully saturated rings. The van der Waals surface area contributed by atoms with Crippen LogP contribution in [-0.2, 0) is 4.79 Å². The number of anilines is 1. The molecule has 1 aromatic rings. The first-order valence-corrected chi connectivity index (χ1v) is 6.24. The molecule has 98 valence electrons. The average Bonchev–Trinajstić information content (AvgIpc) is 2.71. The summed E-state index contributed by atoms with van der Waals surface area (Å²) in [7, 11) is 5.70. The summed E-state index contributed by atoms with van der Waals surface area (Å²) in [6.45, 7) is 1.75. The fourth-order valence-electron chi connectivity index (χ4n) is 2.66. The molecule has 1 aromatic carbocycles. The van der Waals surface area contributed by atoms with E-state index in [1.165, 1.54) is 5.56 Å². The van der Waals surface area contributed by atoms with Gasteiger partial charge in [-0.25, -0.2) is 0 Å². The molecule has 4 nitrogen and oxygen atoms in total. The van der Waals surface area contributed by atoms with Gasteiger partial charge in [-0.2, -0.15) is 0 Å². The molecule has 1 saturated heterocycles. The topological polar surface area (TPSA) is 49.6 Å². The van der Waals surface area contributed by atoms with Crippen LogP contribution in [0.5, 0.6) is 0 Å². The number of nitrogen functional groups attached to an aromatic ring is 1. The van der Waals surface area contributed by atoms with E-state index in [0.717, 1.165) is 18.8 Å². The smallest absolute Gasteiger partial charge is 0.227 e. The van der Waals surface area contributed by atoms with Gasteiger partial charge in [0.05, 0.1) is 5.92 Å². The van der Waals surface area contributed by atoms with Gasteiger partial charge in [-0.15, -0.1) is 0 Å². The van der Waals surface area contributed by atoms with Gasteiger partial charge in [-0.05, 0) is 24.7 Å². The number of benzene rings is 1. The zero-order chi connectivity index (χ0) is 13.3. The Bertz CT molecular complexity index is 427. The van der Waals surface area contributed by atoms with Gasteiger partial charge in [0.1, 0.15) is 0 Å². The lowest BCUT2D eigenvalue weighted by atomic mass is 9.88. The van der Waals surface area contributed by atoms with Crippen molar-refractivity contribution < 1.29 is 4.79 Å². The molecule has 0 aliphatic carbocycles. The van der Waals surface area contributed by atoms with E-state index in [-0.39, 0.29) is 17.7 Å². The van der Waals surface area contributed by atoms with Crippen LogP contribution in [0.15, 0.2) is 24.3 Å². The van der Waals surface area contributed by atoms with E-state index in [0.29, 0.717) is 0 Å². The van der Waals surface area contributed by atoms with Crippen molar-refractivity contribution in [1.82, 2.24) is 9.80 Å². The van der Waals surface area contributed by atoms with Gasteiger partial charge >= 0.3 is 0 Å². The van der Waals surface area contributed by atoms with Crippen molar-refractivity contribution in [3.63, 3.8) is 0 Å². The Hall–Kier alpha value is -1.55. The van der Waals surface area contributed by atoms with Gasteiger partial charge in [0.25, 0.3) is 0 Å². The number of rotatable bonds is 2. The van der Waals surface area contributed by atoms with Crippen LogP contribution in [0.3, 0.4) is 0 Å². The molecule has 0 saturated carbocycles. The SMILES string of the molecule is CN1C[C@@H](C(=O)N(C)C)[C@H](c2ccc(N)cc2)C1. The van der Waals surface area contributed by atoms with E-state index < -0.39 is 0 Å². The van der Waals surface area contributed by atoms with Gasteiger partial charge in [0.2, 0.25) is 5.91 Å². The quantitative estimate of drug-likeness (QED) is 0.793. The van der Waals surface area contributed by atoms with Crippen LogP contribution in [0.25, 0.3) is 0 Å². The lowest BCUT2D eigenvalue weighted by molar-refractivity contribution is -0.132. The number of likely N-dealkylation sites (N-methyl/N-ethyl adjacent to an activating group) is 1. The predicted molar refractivity (Wildman–Crippen MR) is 73.3 cm³/mol. The molecule has 0 bridgehead atoms. The number of carbonyl (C=O) groups excluding carboxylic acids is 1. The number of nitrogens with zero attached hydrogens (tertiary/aromatic N) is 2. The van der Waals surface area contributed by atoms with E-state index in [9.17, 15) is 4.79 Å². The third-order valence-electron chi connectivity index (χ3n) is 3.63. The minimum Gasteiger partial charge on any atom is -0.399 e. The molecule has 1 aliphatic heterocycles. The molecule has 4 heteroatoms. The predicted octanol–water partition coefficient (Wildman–Crippen LogP) is 1.00. The average molecular weight is 247 g/mol. The van der Waals surface area contributed by atoms with Crippen molar-refractivity contribution >= 4 is 11.6 Å². The van der Waals surface area contributed by atoms with E-state index >= 15 is 0 Å². The molecule has 1 amide bonds. The third kappa shape index (κ3) is 2.48. The highest BCUT2D eigenvalue weighted by Gasteiger charge is 2.37. The van der Waals surface area contributed by atoms with Gasteiger partial charge in [0.15, 0.2) is 0 Å². The number of hydrogen-bond acceptors (Lipinski definition) is 3. The van der Waals surface area contributed by atoms with Gasteiger partial charge in [0, 0.05) is 38.8 Å². The van der Waals surface area contributed by atoms with E-state index in [1.807, 2.05) is 38.4 Å². The van der Waals surface area contributed by atoms with Crippen LogP contribution >= 0.6 is 0 Å². The highest BCUT2D eigenvalue weighted by Crippen LogP contribution is 2.33. The Morgan fingerprint density at radius 2 is 1.89 bits per heavy atom. The van der Waals surface area contributed by atoms with E-state index in [1.54, 1.807) is 4.90 Å². The Kier molecular flexibility index (Phi) is 3.57. The maximum atomic E-state index is 12.2. The maximum Gasteiger partial charge on any atom is 0.227 e. The van der Waals surface area contributed by atoms with Crippen LogP contribution in [0.4, 0.5) is 5.69 Å². The zero-order valence-corrected chi connectivity index (χ0v) is 11.3. The van der Waals surface area contributed by atoms with Crippen molar-refractivity contribution in [1.29, 1.82) is 0 Å². The number of likely N-dealkylation sites (tertiary alicyclic amines) is 1. The monoisotopic (exact) mass is 247 g/mol. The second-order valence-corrected chi connectivity index (χ2v) is 5.33. The Morgan fingerprint density at radius 3 is 2.44 bits per heavy atom. The summed E-state index contributed by atoms with van der Waals surface area (Å²) in [6.07, 6.45) is 0. The standard InChI is InChI=1S/C14H21N3O/c1-16(2)14(18)13-9-17(3)8-12(13)10-4-6-11(15)7-5-10/h4-7,12-13H,8-9,15H2,1-3H3/t12-,13+/m0/s1. The van der Waals surface area contributed by atoms with Crippen LogP contribution in [0.2, 0.25) is 0 Å². The molecule has 1 aliphatic rings. The summed E-state index contributed by atoms with van der Waals surface area (Å²) in [5, 5.41) is 0. The third-order valence-corrected chi connectivity index (χ3v) is 3.63. The van der Waals surface area contributed by atoms with E-state index in [4.69, 9.17) is 5.73 Å². The van der Waals surface area contributed by atoms with Crippen LogP contribution < -0.4 is 5.73 Å². The molecule has 2 N–H and O–H groups in total. The molecule has 0 unspecified atom stereocenters. The fourth-order valence-corrected chi connectivity index (χ4v) is 2.66. The molecule has 18 heavy (non-hydrogen) atoms. The summed E-state index contributed by atoms with van der Waals surface area (Å²) >= 11 is 0. The lowest BCUT2D eigenvalue weighted by Gasteiger charge is -2.21. The summed E-state index contributed by atoms with van der Waals surface area (Å²) in [4.78, 5) is 16.1. The molecule has 1 heterocycles. The van der Waals surface area contributed by atoms with Crippen LogP contribution in [0, 0.1) is 5.92 Å². The molecule has 0 radical (unpaired) electrons. The first-order chi connectivity index (χ1) is 8.49. The van der Waals surface area contributed by atoms with E-state index in [2.05, 4.69) is 11.9 Å². The highest BCUT2D eigenvalue weighted by atomic mass is 16.2. The summed E-state index contributed by atoms with van der Waals surface area (Å²) < 4.78 is 0. The van der Waals surface area contributed by atoms with Crippen molar-refractivity contribution in [2.75, 3.05) is 40.0 Å². The Labute approximate surface area is 108 Å². The van der Waals surface area contributed by atoms with Gasteiger partial charge in [-0.3, -0.25) is 4.79 Å². The largest absolute Gasteiger partial charge is 0.399 e. The Morgan fingerprint density at radius 1 is 1.28 bits per heavy atom. The van der Waals surface area contributed by atoms with Crippen molar-refractivity contribution in [2.45, 2.75) is 5.92 Å². The number of nitrogens with two attached hydrogens (primary N) is 1. The number of carbonyl (C=O) groups is 1. The first kappa shape index (κ1) is 12.9. The molecular formula is C14H21N3O. The van der Waals surface area contributed by atoms with Crippen LogP contribution in [0.1, 0.15) is 11.5 Å². The second-order valence-electron chi connectivity index (χ2n) is 5.33. The highest BCUT2D eigenvalue weighted by molar-refractivity contribution is 5.80. The maximum absolute atomic E-state index is 12.2. The normalized spacial score (nSPS) is 24.2. The fraction of sp³-hybridized carbons (Fsp3) is 0.500. The second kappa shape index (κ2) is 4.98. The van der Waals surface area contributed by atoms with Crippen molar-refractivity contribution in [2.24, 2.45) is 5.92 Å². The summed E-state index contributed by atoms with van der Waals surface area (Å²) in [5.41, 5.74) is 7.68. The van der Waals surface area contributed by atoms with Crippen LogP contribution in [-0.4, -0.2) is 49.9 Å². The van der Waals surface area contributed by atoms with Crippen molar-refractivity contribution in [3.8, 4) is 0 Å². The minimum absolute atomic E-state index is 0.0497. The number of hydrogen-bond donors (Lipinski definition) is 1. The minimum atomic E-state index is 0.0497. The zero-order valence-electron chi connectivity index (χ0n) is 11.3. The Balaban J connectivity index is 2.24. The number of amides is 1. The van der Waals surface area contributed by atoms with Gasteiger partial charge < -0.3 is 15.5 Å². The molecule has 2 atom stereocenters. The lowest BCUT2D eigenvalue weighted by Crippen LogP contribution is -2.33. The first-order valence-electron chi connectivity index (χ1n) is 6.24. The van der Waals surface area contributed by atoms with Gasteiger partial charge in [-0.1, -0.05) is 12.1 Å². The summed E-state index contributed by atoms with van der Waals surface area (Å²) in [6, 6.07) is 7.89. The summed E-state index contributed by atoms with van der Waals surface area (Å²) in [5.74, 6) is 0.528. The molecule has 2 rings (SSSR count). The molecular weight excluding hydrogens is 226 g/mol. The van der Waals surface area contributed by atoms with Crippen molar-refractivity contribution in [3.05, 3.63) is 29.8 Å². The molecule has 0 aromatic heterocycles.